The van der Waals surface area contributed by atoms with E-state index in [-0.39, 0.29) is 12.6 Å². The first-order chi connectivity index (χ1) is 13.4. The summed E-state index contributed by atoms with van der Waals surface area (Å²) in [6.45, 7) is 3.24. The van der Waals surface area contributed by atoms with Gasteiger partial charge in [-0.05, 0) is 19.3 Å². The van der Waals surface area contributed by atoms with Crippen molar-refractivity contribution < 1.29 is 19.6 Å². The first kappa shape index (κ1) is 27.4. The fourth-order valence-electron chi connectivity index (χ4n) is 3.89. The lowest BCUT2D eigenvalue weighted by molar-refractivity contribution is -0.883. The second kappa shape index (κ2) is 18.4. The van der Waals surface area contributed by atoms with Gasteiger partial charge in [0.05, 0.1) is 20.6 Å². The SMILES string of the molecule is CCCCCCCCCCCCCCCC(CCC[N+](C)(C)CC(=O)O)NO. The Morgan fingerprint density at radius 1 is 0.786 bits per heavy atom. The Morgan fingerprint density at radius 2 is 1.21 bits per heavy atom. The predicted octanol–water partition coefficient (Wildman–Crippen LogP) is 5.76. The summed E-state index contributed by atoms with van der Waals surface area (Å²) in [6.07, 6.45) is 20.4. The number of carbonyl (C=O) groups is 1. The van der Waals surface area contributed by atoms with Gasteiger partial charge in [-0.2, -0.15) is 0 Å². The van der Waals surface area contributed by atoms with Crippen LogP contribution in [0.2, 0.25) is 0 Å². The highest BCUT2D eigenvalue weighted by Gasteiger charge is 2.19. The van der Waals surface area contributed by atoms with Crippen LogP contribution in [-0.2, 0) is 4.79 Å². The fraction of sp³-hybridized carbons (Fsp3) is 0.957. The molecule has 168 valence electrons. The van der Waals surface area contributed by atoms with Gasteiger partial charge in [-0.15, -0.1) is 0 Å². The molecule has 0 aliphatic carbocycles. The number of carboxylic acid groups (broad SMARTS) is 1. The second-order valence-electron chi connectivity index (χ2n) is 9.21. The molecule has 0 aromatic rings. The molecular formula is C23H49N2O3+. The third-order valence-corrected chi connectivity index (χ3v) is 5.72. The van der Waals surface area contributed by atoms with Gasteiger partial charge >= 0.3 is 5.97 Å². The Morgan fingerprint density at radius 3 is 1.64 bits per heavy atom. The summed E-state index contributed by atoms with van der Waals surface area (Å²) in [5, 5.41) is 18.3. The van der Waals surface area contributed by atoms with Crippen LogP contribution in [0.15, 0.2) is 0 Å². The van der Waals surface area contributed by atoms with Gasteiger partial charge in [0.1, 0.15) is 0 Å². The number of aliphatic carboxylic acids is 1. The van der Waals surface area contributed by atoms with Gasteiger partial charge in [0.15, 0.2) is 6.54 Å². The van der Waals surface area contributed by atoms with Crippen molar-refractivity contribution in [1.82, 2.24) is 5.48 Å². The van der Waals surface area contributed by atoms with Crippen LogP contribution >= 0.6 is 0 Å². The summed E-state index contributed by atoms with van der Waals surface area (Å²) in [4.78, 5) is 10.8. The lowest BCUT2D eigenvalue weighted by Crippen LogP contribution is -2.44. The lowest BCUT2D eigenvalue weighted by Gasteiger charge is -2.28. The van der Waals surface area contributed by atoms with Gasteiger partial charge in [-0.1, -0.05) is 90.4 Å². The lowest BCUT2D eigenvalue weighted by atomic mass is 10.0. The summed E-state index contributed by atoms with van der Waals surface area (Å²) in [5.74, 6) is -0.756. The van der Waals surface area contributed by atoms with Gasteiger partial charge in [0.25, 0.3) is 0 Å². The third-order valence-electron chi connectivity index (χ3n) is 5.72. The van der Waals surface area contributed by atoms with Crippen molar-refractivity contribution in [2.24, 2.45) is 0 Å². The number of quaternary nitrogens is 1. The van der Waals surface area contributed by atoms with Crippen molar-refractivity contribution in [3.63, 3.8) is 0 Å². The van der Waals surface area contributed by atoms with Crippen molar-refractivity contribution >= 4 is 5.97 Å². The number of unbranched alkanes of at least 4 members (excludes halogenated alkanes) is 12. The van der Waals surface area contributed by atoms with Crippen LogP contribution in [0.3, 0.4) is 0 Å². The summed E-state index contributed by atoms with van der Waals surface area (Å²) in [7, 11) is 3.89. The minimum atomic E-state index is -0.756. The normalized spacial score (nSPS) is 13.0. The summed E-state index contributed by atoms with van der Waals surface area (Å²) < 4.78 is 0.492. The van der Waals surface area contributed by atoms with Crippen LogP contribution in [0.1, 0.15) is 110 Å². The van der Waals surface area contributed by atoms with E-state index in [0.717, 1.165) is 32.2 Å². The first-order valence-electron chi connectivity index (χ1n) is 11.8. The molecule has 0 spiro atoms. The molecule has 0 aromatic heterocycles. The van der Waals surface area contributed by atoms with Gasteiger partial charge in [-0.3, -0.25) is 0 Å². The maximum atomic E-state index is 10.8. The van der Waals surface area contributed by atoms with Crippen molar-refractivity contribution in [3.05, 3.63) is 0 Å². The van der Waals surface area contributed by atoms with Gasteiger partial charge < -0.3 is 14.8 Å². The number of nitrogens with one attached hydrogen (secondary N) is 1. The average Bonchev–Trinajstić information content (AvgIpc) is 2.62. The number of carboxylic acids is 1. The van der Waals surface area contributed by atoms with Crippen molar-refractivity contribution in [3.8, 4) is 0 Å². The zero-order chi connectivity index (χ0) is 21.1. The van der Waals surface area contributed by atoms with Crippen LogP contribution in [0.4, 0.5) is 0 Å². The molecule has 1 atom stereocenters. The average molecular weight is 402 g/mol. The zero-order valence-corrected chi connectivity index (χ0v) is 19.1. The molecule has 0 heterocycles. The highest BCUT2D eigenvalue weighted by atomic mass is 16.5. The van der Waals surface area contributed by atoms with E-state index in [4.69, 9.17) is 5.11 Å². The molecule has 0 fully saturated rings. The smallest absolute Gasteiger partial charge is 0.359 e. The Kier molecular flexibility index (Phi) is 18.0. The molecule has 1 unspecified atom stereocenters. The maximum absolute atomic E-state index is 10.8. The number of rotatable bonds is 21. The monoisotopic (exact) mass is 401 g/mol. The molecule has 5 nitrogen and oxygen atoms in total. The molecule has 0 radical (unpaired) electrons. The minimum absolute atomic E-state index is 0.137. The Bertz CT molecular complexity index is 362. The highest BCUT2D eigenvalue weighted by Crippen LogP contribution is 2.14. The van der Waals surface area contributed by atoms with Crippen LogP contribution in [0.25, 0.3) is 0 Å². The molecule has 0 aliphatic heterocycles. The molecule has 0 amide bonds. The number of hydrogen-bond acceptors (Lipinski definition) is 3. The van der Waals surface area contributed by atoms with Crippen molar-refractivity contribution in [2.75, 3.05) is 27.2 Å². The van der Waals surface area contributed by atoms with Crippen LogP contribution in [0, 0.1) is 0 Å². The maximum Gasteiger partial charge on any atom is 0.359 e. The number of hydrogen-bond donors (Lipinski definition) is 3. The Labute approximate surface area is 174 Å². The molecule has 28 heavy (non-hydrogen) atoms. The van der Waals surface area contributed by atoms with E-state index in [9.17, 15) is 10.0 Å². The molecule has 0 saturated heterocycles. The zero-order valence-electron chi connectivity index (χ0n) is 19.1. The summed E-state index contributed by atoms with van der Waals surface area (Å²) in [6, 6.07) is 0.137. The first-order valence-corrected chi connectivity index (χ1v) is 11.8. The topological polar surface area (TPSA) is 69.6 Å². The number of hydroxylamine groups is 1. The van der Waals surface area contributed by atoms with E-state index in [0.29, 0.717) is 4.48 Å². The van der Waals surface area contributed by atoms with Crippen LogP contribution in [0.5, 0.6) is 0 Å². The number of nitrogens with zero attached hydrogens (tertiary/aromatic N) is 1. The Balaban J connectivity index is 3.49. The molecule has 0 bridgehead atoms. The third kappa shape index (κ3) is 18.7. The van der Waals surface area contributed by atoms with E-state index < -0.39 is 5.97 Å². The van der Waals surface area contributed by atoms with Crippen molar-refractivity contribution in [2.45, 2.75) is 116 Å². The standard InChI is InChI=1S/C23H48N2O3/c1-4-5-6-7-8-9-10-11-12-13-14-15-16-18-22(24-28)19-17-20-25(2,3)21-23(26)27/h22,24,28H,4-21H2,1-3H3/p+1. The fourth-order valence-corrected chi connectivity index (χ4v) is 3.89. The summed E-state index contributed by atoms with van der Waals surface area (Å²) in [5.41, 5.74) is 2.45. The van der Waals surface area contributed by atoms with E-state index in [1.165, 1.54) is 77.0 Å². The van der Waals surface area contributed by atoms with E-state index >= 15 is 0 Å². The van der Waals surface area contributed by atoms with Crippen molar-refractivity contribution in [1.29, 1.82) is 0 Å². The van der Waals surface area contributed by atoms with E-state index in [2.05, 4.69) is 12.4 Å². The second-order valence-corrected chi connectivity index (χ2v) is 9.21. The molecule has 0 saturated carbocycles. The van der Waals surface area contributed by atoms with Gasteiger partial charge in [0, 0.05) is 6.04 Å². The molecule has 0 aromatic carbocycles. The van der Waals surface area contributed by atoms with Crippen LogP contribution in [-0.4, -0.2) is 54.0 Å². The quantitative estimate of drug-likeness (QED) is 0.130. The molecule has 0 aliphatic rings. The molecule has 0 rings (SSSR count). The van der Waals surface area contributed by atoms with Crippen LogP contribution < -0.4 is 5.48 Å². The minimum Gasteiger partial charge on any atom is -0.477 e. The highest BCUT2D eigenvalue weighted by molar-refractivity contribution is 5.67. The molecule has 5 heteroatoms. The number of likely N-dealkylation sites (N-methyl/N-ethyl adjacent to an activating group) is 1. The van der Waals surface area contributed by atoms with Gasteiger partial charge in [-0.25, -0.2) is 10.3 Å². The Hall–Kier alpha value is -0.650. The molecule has 3 N–H and O–H groups in total. The largest absolute Gasteiger partial charge is 0.477 e. The summed E-state index contributed by atoms with van der Waals surface area (Å²) >= 11 is 0. The van der Waals surface area contributed by atoms with E-state index in [1.807, 2.05) is 14.1 Å². The predicted molar refractivity (Wildman–Crippen MR) is 118 cm³/mol. The molecular weight excluding hydrogens is 352 g/mol. The van der Waals surface area contributed by atoms with Gasteiger partial charge in [0.2, 0.25) is 0 Å². The van der Waals surface area contributed by atoms with E-state index in [1.54, 1.807) is 0 Å².